The number of fused-ring (bicyclic) bond motifs is 1. The smallest absolute Gasteiger partial charge is 0.304 e. The zero-order valence-electron chi connectivity index (χ0n) is 18.1. The predicted octanol–water partition coefficient (Wildman–Crippen LogP) is 3.44. The SMILES string of the molecule is CC(C)Oc1ccc(-c2nc(-c3cccc4c3OCCN(CCC(=O)O)C4)no2)cc1N. The molecule has 0 radical (unpaired) electrons. The summed E-state index contributed by atoms with van der Waals surface area (Å²) < 4.78 is 17.2. The number of anilines is 1. The molecular weight excluding hydrogens is 412 g/mol. The standard InChI is InChI=1S/C23H26N4O5/c1-14(2)31-19-7-6-15(12-18(19)24)23-25-22(26-32-23)17-5-3-4-16-13-27(9-8-20(28)29)10-11-30-21(16)17/h3-7,12,14H,8-11,13,24H2,1-2H3,(H,28,29). The van der Waals surface area contributed by atoms with E-state index in [-0.39, 0.29) is 12.5 Å². The Hall–Kier alpha value is -3.59. The largest absolute Gasteiger partial charge is 0.491 e. The highest BCUT2D eigenvalue weighted by Gasteiger charge is 2.22. The highest BCUT2D eigenvalue weighted by Crippen LogP contribution is 2.35. The number of hydrogen-bond acceptors (Lipinski definition) is 8. The van der Waals surface area contributed by atoms with Crippen LogP contribution in [0, 0.1) is 0 Å². The van der Waals surface area contributed by atoms with Crippen LogP contribution in [0.3, 0.4) is 0 Å². The van der Waals surface area contributed by atoms with Crippen LogP contribution in [-0.4, -0.2) is 51.9 Å². The summed E-state index contributed by atoms with van der Waals surface area (Å²) in [6.45, 7) is 6.02. The molecule has 2 heterocycles. The van der Waals surface area contributed by atoms with E-state index in [2.05, 4.69) is 15.0 Å². The first-order chi connectivity index (χ1) is 15.4. The van der Waals surface area contributed by atoms with Crippen molar-refractivity contribution in [1.29, 1.82) is 0 Å². The summed E-state index contributed by atoms with van der Waals surface area (Å²) in [5.74, 6) is 1.25. The molecule has 1 aromatic heterocycles. The highest BCUT2D eigenvalue weighted by atomic mass is 16.5. The lowest BCUT2D eigenvalue weighted by Crippen LogP contribution is -2.28. The summed E-state index contributed by atoms with van der Waals surface area (Å²) in [6, 6.07) is 11.1. The summed E-state index contributed by atoms with van der Waals surface area (Å²) in [5, 5.41) is 13.1. The van der Waals surface area contributed by atoms with E-state index in [0.717, 1.165) is 11.1 Å². The molecule has 9 nitrogen and oxygen atoms in total. The number of ether oxygens (including phenoxy) is 2. The topological polar surface area (TPSA) is 124 Å². The van der Waals surface area contributed by atoms with Gasteiger partial charge in [0.2, 0.25) is 5.82 Å². The van der Waals surface area contributed by atoms with Crippen molar-refractivity contribution in [3.8, 4) is 34.3 Å². The number of hydrogen-bond donors (Lipinski definition) is 2. The van der Waals surface area contributed by atoms with Gasteiger partial charge in [0.25, 0.3) is 5.89 Å². The Balaban J connectivity index is 1.58. The van der Waals surface area contributed by atoms with E-state index in [1.165, 1.54) is 0 Å². The van der Waals surface area contributed by atoms with Crippen molar-refractivity contribution >= 4 is 11.7 Å². The zero-order chi connectivity index (χ0) is 22.7. The Bertz CT molecular complexity index is 1110. The molecule has 9 heteroatoms. The van der Waals surface area contributed by atoms with E-state index in [0.29, 0.717) is 60.7 Å². The van der Waals surface area contributed by atoms with Crippen LogP contribution < -0.4 is 15.2 Å². The molecule has 0 saturated carbocycles. The molecule has 2 aromatic carbocycles. The quantitative estimate of drug-likeness (QED) is 0.534. The number of carbonyl (C=O) groups is 1. The van der Waals surface area contributed by atoms with E-state index in [9.17, 15) is 4.79 Å². The average Bonchev–Trinajstić information content (AvgIpc) is 3.14. The number of benzene rings is 2. The summed E-state index contributed by atoms with van der Waals surface area (Å²) in [6.07, 6.45) is 0.111. The van der Waals surface area contributed by atoms with E-state index in [1.54, 1.807) is 12.1 Å². The number of nitrogens with zero attached hydrogens (tertiary/aromatic N) is 3. The van der Waals surface area contributed by atoms with Gasteiger partial charge in [-0.25, -0.2) is 0 Å². The first kappa shape index (κ1) is 21.6. The number of para-hydroxylation sites is 1. The van der Waals surface area contributed by atoms with Gasteiger partial charge in [0.05, 0.1) is 23.8 Å². The molecule has 0 bridgehead atoms. The molecule has 168 valence electrons. The van der Waals surface area contributed by atoms with Crippen molar-refractivity contribution in [2.75, 3.05) is 25.4 Å². The van der Waals surface area contributed by atoms with Crippen molar-refractivity contribution in [1.82, 2.24) is 15.0 Å². The minimum atomic E-state index is -0.812. The summed E-state index contributed by atoms with van der Waals surface area (Å²) >= 11 is 0. The molecule has 0 unspecified atom stereocenters. The summed E-state index contributed by atoms with van der Waals surface area (Å²) in [4.78, 5) is 17.5. The molecule has 4 rings (SSSR count). The molecule has 0 amide bonds. The van der Waals surface area contributed by atoms with Crippen LogP contribution in [0.2, 0.25) is 0 Å². The number of nitrogen functional groups attached to an aromatic ring is 1. The Morgan fingerprint density at radius 1 is 1.31 bits per heavy atom. The second-order valence-electron chi connectivity index (χ2n) is 7.90. The van der Waals surface area contributed by atoms with Crippen molar-refractivity contribution in [2.45, 2.75) is 32.9 Å². The maximum Gasteiger partial charge on any atom is 0.304 e. The molecule has 32 heavy (non-hydrogen) atoms. The predicted molar refractivity (Wildman–Crippen MR) is 118 cm³/mol. The van der Waals surface area contributed by atoms with Crippen LogP contribution in [0.1, 0.15) is 25.8 Å². The summed E-state index contributed by atoms with van der Waals surface area (Å²) in [5.41, 5.74) is 8.98. The van der Waals surface area contributed by atoms with Gasteiger partial charge in [-0.3, -0.25) is 9.69 Å². The molecule has 0 spiro atoms. The number of carboxylic acids is 1. The van der Waals surface area contributed by atoms with Crippen molar-refractivity contribution < 1.29 is 23.9 Å². The van der Waals surface area contributed by atoms with E-state index in [1.807, 2.05) is 38.1 Å². The molecule has 3 aromatic rings. The molecule has 1 aliphatic heterocycles. The van der Waals surface area contributed by atoms with Crippen LogP contribution in [0.25, 0.3) is 22.8 Å². The maximum atomic E-state index is 10.9. The normalized spacial score (nSPS) is 14.0. The molecule has 0 atom stereocenters. The fraction of sp³-hybridized carbons (Fsp3) is 0.348. The Morgan fingerprint density at radius 3 is 2.91 bits per heavy atom. The fourth-order valence-electron chi connectivity index (χ4n) is 3.59. The highest BCUT2D eigenvalue weighted by molar-refractivity contribution is 5.70. The van der Waals surface area contributed by atoms with E-state index >= 15 is 0 Å². The number of rotatable bonds is 7. The van der Waals surface area contributed by atoms with Gasteiger partial charge in [0.1, 0.15) is 18.1 Å². The van der Waals surface area contributed by atoms with Crippen LogP contribution in [0.5, 0.6) is 11.5 Å². The second kappa shape index (κ2) is 9.27. The number of aliphatic carboxylic acids is 1. The third-order valence-corrected chi connectivity index (χ3v) is 5.07. The molecule has 0 aliphatic carbocycles. The molecule has 1 aliphatic rings. The van der Waals surface area contributed by atoms with Crippen molar-refractivity contribution in [2.24, 2.45) is 0 Å². The Kier molecular flexibility index (Phi) is 6.27. The van der Waals surface area contributed by atoms with Crippen LogP contribution in [-0.2, 0) is 11.3 Å². The monoisotopic (exact) mass is 438 g/mol. The molecule has 0 saturated heterocycles. The number of aromatic nitrogens is 2. The molecular formula is C23H26N4O5. The number of carboxylic acid groups (broad SMARTS) is 1. The van der Waals surface area contributed by atoms with Crippen LogP contribution in [0.15, 0.2) is 40.9 Å². The van der Waals surface area contributed by atoms with Crippen molar-refractivity contribution in [3.63, 3.8) is 0 Å². The van der Waals surface area contributed by atoms with Gasteiger partial charge in [-0.1, -0.05) is 17.3 Å². The summed E-state index contributed by atoms with van der Waals surface area (Å²) in [7, 11) is 0. The van der Waals surface area contributed by atoms with E-state index in [4.69, 9.17) is 24.8 Å². The average molecular weight is 438 g/mol. The fourth-order valence-corrected chi connectivity index (χ4v) is 3.59. The maximum absolute atomic E-state index is 10.9. The lowest BCUT2D eigenvalue weighted by atomic mass is 10.1. The van der Waals surface area contributed by atoms with Gasteiger partial charge in [-0.2, -0.15) is 4.98 Å². The third kappa shape index (κ3) is 4.83. The van der Waals surface area contributed by atoms with Crippen molar-refractivity contribution in [3.05, 3.63) is 42.0 Å². The van der Waals surface area contributed by atoms with Gasteiger partial charge >= 0.3 is 5.97 Å². The first-order valence-electron chi connectivity index (χ1n) is 10.5. The minimum Gasteiger partial charge on any atom is -0.491 e. The Labute approximate surface area is 185 Å². The number of nitrogens with two attached hydrogens (primary N) is 1. The Morgan fingerprint density at radius 2 is 2.16 bits per heavy atom. The van der Waals surface area contributed by atoms with E-state index < -0.39 is 5.97 Å². The minimum absolute atomic E-state index is 0.0200. The zero-order valence-corrected chi connectivity index (χ0v) is 18.1. The molecule has 3 N–H and O–H groups in total. The lowest BCUT2D eigenvalue weighted by molar-refractivity contribution is -0.137. The van der Waals surface area contributed by atoms with Gasteiger partial charge in [-0.15, -0.1) is 0 Å². The van der Waals surface area contributed by atoms with Gasteiger partial charge < -0.3 is 24.8 Å². The second-order valence-corrected chi connectivity index (χ2v) is 7.90. The lowest BCUT2D eigenvalue weighted by Gasteiger charge is -2.17. The third-order valence-electron chi connectivity index (χ3n) is 5.07. The molecule has 0 fully saturated rings. The van der Waals surface area contributed by atoms with Crippen LogP contribution in [0.4, 0.5) is 5.69 Å². The van der Waals surface area contributed by atoms with Gasteiger partial charge in [0, 0.05) is 30.8 Å². The van der Waals surface area contributed by atoms with Crippen LogP contribution >= 0.6 is 0 Å². The van der Waals surface area contributed by atoms with Gasteiger partial charge in [-0.05, 0) is 38.1 Å². The van der Waals surface area contributed by atoms with Gasteiger partial charge in [0.15, 0.2) is 0 Å². The first-order valence-corrected chi connectivity index (χ1v) is 10.5.